The lowest BCUT2D eigenvalue weighted by atomic mass is 9.94. The van der Waals surface area contributed by atoms with Crippen LogP contribution < -0.4 is 3.53 Å². The maximum atomic E-state index is 11.5. The summed E-state index contributed by atoms with van der Waals surface area (Å²) < 4.78 is 8.68. The minimum Gasteiger partial charge on any atom is -0.462 e. The summed E-state index contributed by atoms with van der Waals surface area (Å²) in [6.07, 6.45) is 4.85. The van der Waals surface area contributed by atoms with E-state index >= 15 is 0 Å². The summed E-state index contributed by atoms with van der Waals surface area (Å²) in [5, 5.41) is 0. The molecule has 1 saturated carbocycles. The molecule has 0 radical (unpaired) electrons. The van der Waals surface area contributed by atoms with Crippen LogP contribution in [0.25, 0.3) is 0 Å². The average molecular weight is 340 g/mol. The molecule has 0 atom stereocenters. The van der Waals surface area contributed by atoms with Gasteiger partial charge in [-0.15, -0.1) is 0 Å². The van der Waals surface area contributed by atoms with Crippen LogP contribution >= 0.6 is 22.9 Å². The molecule has 0 heterocycles. The molecule has 0 bridgehead atoms. The maximum Gasteiger partial charge on any atom is 0.307 e. The Morgan fingerprint density at radius 2 is 2.00 bits per heavy atom. The second kappa shape index (κ2) is 7.45. The summed E-state index contributed by atoms with van der Waals surface area (Å²) in [5.41, 5.74) is 0. The van der Waals surface area contributed by atoms with E-state index in [0.717, 1.165) is 32.2 Å². The van der Waals surface area contributed by atoms with E-state index < -0.39 is 0 Å². The molecule has 1 rings (SSSR count). The molecule has 4 nitrogen and oxygen atoms in total. The molecule has 5 heteroatoms. The predicted octanol–water partition coefficient (Wildman–Crippen LogP) is 1.73. The molecular formula is C11H21IN2O2. The van der Waals surface area contributed by atoms with E-state index in [9.17, 15) is 4.79 Å². The standard InChI is InChI=1S/C11H21IN2O2/c1-14(2)8-7-11(15)16-10-5-3-9(13-12)4-6-10/h9-10,13H,3-8H2,1-2H3. The highest BCUT2D eigenvalue weighted by Crippen LogP contribution is 2.22. The average Bonchev–Trinajstić information content (AvgIpc) is 2.27. The summed E-state index contributed by atoms with van der Waals surface area (Å²) in [6.45, 7) is 0.767. The monoisotopic (exact) mass is 340 g/mol. The van der Waals surface area contributed by atoms with Gasteiger partial charge in [0.1, 0.15) is 6.10 Å². The third kappa shape index (κ3) is 5.45. The number of halogens is 1. The van der Waals surface area contributed by atoms with Crippen molar-refractivity contribution in [3.8, 4) is 0 Å². The fraction of sp³-hybridized carbons (Fsp3) is 0.909. The van der Waals surface area contributed by atoms with Gasteiger partial charge in [-0.25, -0.2) is 0 Å². The number of carbonyl (C=O) groups is 1. The van der Waals surface area contributed by atoms with E-state index in [4.69, 9.17) is 4.74 Å². The first-order valence-corrected chi connectivity index (χ1v) is 6.90. The zero-order chi connectivity index (χ0) is 12.0. The molecule has 16 heavy (non-hydrogen) atoms. The molecule has 1 aliphatic carbocycles. The van der Waals surface area contributed by atoms with Gasteiger partial charge in [-0.2, -0.15) is 0 Å². The van der Waals surface area contributed by atoms with Crippen molar-refractivity contribution in [1.82, 2.24) is 8.43 Å². The molecular weight excluding hydrogens is 319 g/mol. The first-order valence-electron chi connectivity index (χ1n) is 5.82. The van der Waals surface area contributed by atoms with Gasteiger partial charge in [0.25, 0.3) is 0 Å². The van der Waals surface area contributed by atoms with Crippen molar-refractivity contribution in [3.63, 3.8) is 0 Å². The number of ether oxygens (including phenoxy) is 1. The fourth-order valence-corrected chi connectivity index (χ4v) is 2.47. The van der Waals surface area contributed by atoms with Crippen LogP contribution in [0.4, 0.5) is 0 Å². The van der Waals surface area contributed by atoms with Crippen molar-refractivity contribution in [3.05, 3.63) is 0 Å². The highest BCUT2D eigenvalue weighted by Gasteiger charge is 2.22. The maximum absolute atomic E-state index is 11.5. The van der Waals surface area contributed by atoms with E-state index in [-0.39, 0.29) is 12.1 Å². The van der Waals surface area contributed by atoms with E-state index in [1.807, 2.05) is 19.0 Å². The number of nitrogens with zero attached hydrogens (tertiary/aromatic N) is 1. The Hall–Kier alpha value is 0.120. The molecule has 94 valence electrons. The first-order chi connectivity index (χ1) is 7.61. The predicted molar refractivity (Wildman–Crippen MR) is 72.5 cm³/mol. The molecule has 0 aromatic rings. The molecule has 0 aromatic carbocycles. The van der Waals surface area contributed by atoms with Gasteiger partial charge in [0.2, 0.25) is 0 Å². The summed E-state index contributed by atoms with van der Waals surface area (Å²) in [4.78, 5) is 13.5. The van der Waals surface area contributed by atoms with Gasteiger partial charge in [-0.3, -0.25) is 8.32 Å². The molecule has 0 aromatic heterocycles. The van der Waals surface area contributed by atoms with E-state index in [0.29, 0.717) is 12.5 Å². The summed E-state index contributed by atoms with van der Waals surface area (Å²) in [5.74, 6) is -0.0559. The molecule has 0 unspecified atom stereocenters. The van der Waals surface area contributed by atoms with Crippen LogP contribution in [0, 0.1) is 0 Å². The third-order valence-corrected chi connectivity index (χ3v) is 3.77. The molecule has 1 aliphatic rings. The van der Waals surface area contributed by atoms with Gasteiger partial charge in [-0.1, -0.05) is 0 Å². The first kappa shape index (κ1) is 14.2. The van der Waals surface area contributed by atoms with Gasteiger partial charge in [0.05, 0.1) is 6.42 Å². The van der Waals surface area contributed by atoms with E-state index in [2.05, 4.69) is 26.4 Å². The smallest absolute Gasteiger partial charge is 0.307 e. The van der Waals surface area contributed by atoms with Crippen molar-refractivity contribution in [2.45, 2.75) is 44.2 Å². The summed E-state index contributed by atoms with van der Waals surface area (Å²) >= 11 is 2.20. The van der Waals surface area contributed by atoms with Crippen molar-refractivity contribution in [2.24, 2.45) is 0 Å². The van der Waals surface area contributed by atoms with E-state index in [1.54, 1.807) is 0 Å². The normalized spacial score (nSPS) is 25.8. The molecule has 1 N–H and O–H groups in total. The van der Waals surface area contributed by atoms with Gasteiger partial charge >= 0.3 is 5.97 Å². The molecule has 0 aliphatic heterocycles. The highest BCUT2D eigenvalue weighted by molar-refractivity contribution is 14.1. The number of rotatable bonds is 5. The summed E-state index contributed by atoms with van der Waals surface area (Å²) in [6, 6.07) is 0.595. The highest BCUT2D eigenvalue weighted by atomic mass is 127. The van der Waals surface area contributed by atoms with Crippen LogP contribution in [0.2, 0.25) is 0 Å². The van der Waals surface area contributed by atoms with Crippen molar-refractivity contribution in [2.75, 3.05) is 20.6 Å². The lowest BCUT2D eigenvalue weighted by Gasteiger charge is -2.27. The lowest BCUT2D eigenvalue weighted by molar-refractivity contribution is -0.150. The minimum absolute atomic E-state index is 0.0559. The van der Waals surface area contributed by atoms with Crippen LogP contribution in [0.5, 0.6) is 0 Å². The van der Waals surface area contributed by atoms with Gasteiger partial charge < -0.3 is 9.64 Å². The Labute approximate surface area is 112 Å². The number of carbonyl (C=O) groups excluding carboxylic acids is 1. The Balaban J connectivity index is 2.15. The van der Waals surface area contributed by atoms with Crippen LogP contribution in [0.15, 0.2) is 0 Å². The second-order valence-corrected chi connectivity index (χ2v) is 5.25. The van der Waals surface area contributed by atoms with E-state index in [1.165, 1.54) is 0 Å². The summed E-state index contributed by atoms with van der Waals surface area (Å²) in [7, 11) is 3.93. The van der Waals surface area contributed by atoms with Crippen molar-refractivity contribution < 1.29 is 9.53 Å². The third-order valence-electron chi connectivity index (χ3n) is 2.89. The van der Waals surface area contributed by atoms with Gasteiger partial charge in [-0.05, 0) is 39.8 Å². The van der Waals surface area contributed by atoms with Crippen LogP contribution in [0.3, 0.4) is 0 Å². The molecule has 0 amide bonds. The number of nitrogens with one attached hydrogen (secondary N) is 1. The Bertz CT molecular complexity index is 216. The fourth-order valence-electron chi connectivity index (χ4n) is 1.85. The number of esters is 1. The number of hydrogen-bond donors (Lipinski definition) is 1. The SMILES string of the molecule is CN(C)CCC(=O)OC1CCC(NI)CC1. The van der Waals surface area contributed by atoms with Gasteiger partial charge in [0, 0.05) is 35.5 Å². The van der Waals surface area contributed by atoms with Crippen LogP contribution in [0.1, 0.15) is 32.1 Å². The van der Waals surface area contributed by atoms with Crippen LogP contribution in [-0.2, 0) is 9.53 Å². The quantitative estimate of drug-likeness (QED) is 0.470. The Morgan fingerprint density at radius 1 is 1.38 bits per heavy atom. The molecule has 0 spiro atoms. The minimum atomic E-state index is -0.0559. The lowest BCUT2D eigenvalue weighted by Crippen LogP contribution is -2.32. The number of hydrogen-bond acceptors (Lipinski definition) is 4. The van der Waals surface area contributed by atoms with Crippen molar-refractivity contribution in [1.29, 1.82) is 0 Å². The van der Waals surface area contributed by atoms with Crippen LogP contribution in [-0.4, -0.2) is 43.7 Å². The zero-order valence-corrected chi connectivity index (χ0v) is 12.2. The Morgan fingerprint density at radius 3 is 2.50 bits per heavy atom. The second-order valence-electron chi connectivity index (χ2n) is 4.63. The largest absolute Gasteiger partial charge is 0.462 e. The molecule has 0 saturated heterocycles. The molecule has 1 fully saturated rings. The zero-order valence-electron chi connectivity index (χ0n) is 10.0. The topological polar surface area (TPSA) is 41.6 Å². The van der Waals surface area contributed by atoms with Crippen molar-refractivity contribution >= 4 is 28.8 Å². The Kier molecular flexibility index (Phi) is 6.60. The van der Waals surface area contributed by atoms with Gasteiger partial charge in [0.15, 0.2) is 0 Å².